The lowest BCUT2D eigenvalue weighted by molar-refractivity contribution is 0.320. The summed E-state index contributed by atoms with van der Waals surface area (Å²) in [7, 11) is 1.86. The Morgan fingerprint density at radius 1 is 1.38 bits per heavy atom. The highest BCUT2D eigenvalue weighted by Gasteiger charge is 2.22. The summed E-state index contributed by atoms with van der Waals surface area (Å²) in [4.78, 5) is 10.0. The highest BCUT2D eigenvalue weighted by molar-refractivity contribution is 8.67. The lowest BCUT2D eigenvalue weighted by Gasteiger charge is -2.20. The molecule has 1 atom stereocenters. The van der Waals surface area contributed by atoms with E-state index in [0.717, 1.165) is 6.54 Å². The minimum absolute atomic E-state index is 0.504. The molecule has 16 heavy (non-hydrogen) atoms. The van der Waals surface area contributed by atoms with Crippen molar-refractivity contribution in [3.8, 4) is 0 Å². The summed E-state index contributed by atoms with van der Waals surface area (Å²) in [6.07, 6.45) is 7.54. The van der Waals surface area contributed by atoms with E-state index in [1.54, 1.807) is 0 Å². The molecule has 0 aromatic heterocycles. The van der Waals surface area contributed by atoms with Crippen LogP contribution < -0.4 is 5.32 Å². The first kappa shape index (κ1) is 14.9. The van der Waals surface area contributed by atoms with Crippen LogP contribution in [0.15, 0.2) is 0 Å². The molecule has 1 fully saturated rings. The van der Waals surface area contributed by atoms with Crippen molar-refractivity contribution in [2.75, 3.05) is 20.2 Å². The maximum absolute atomic E-state index is 10.0. The van der Waals surface area contributed by atoms with Gasteiger partial charge >= 0.3 is 0 Å². The van der Waals surface area contributed by atoms with Crippen molar-refractivity contribution in [2.24, 2.45) is 0 Å². The third kappa shape index (κ3) is 6.58. The lowest BCUT2D eigenvalue weighted by atomic mass is 10.2. The van der Waals surface area contributed by atoms with E-state index >= 15 is 0 Å². The van der Waals surface area contributed by atoms with Gasteiger partial charge in [-0.05, 0) is 31.7 Å². The zero-order valence-corrected chi connectivity index (χ0v) is 12.4. The Morgan fingerprint density at radius 2 is 2.00 bits per heavy atom. The maximum atomic E-state index is 10.0. The van der Waals surface area contributed by atoms with Crippen LogP contribution in [0.4, 0.5) is 0 Å². The van der Waals surface area contributed by atoms with E-state index in [-0.39, 0.29) is 0 Å². The molecule has 0 heterocycles. The minimum Gasteiger partial charge on any atom is -0.337 e. The molecule has 6 heteroatoms. The van der Waals surface area contributed by atoms with Gasteiger partial charge in [-0.2, -0.15) is 0 Å². The third-order valence-corrected chi connectivity index (χ3v) is 7.34. The monoisotopic (exact) mass is 283 g/mol. The Hall–Kier alpha value is 0.880. The van der Waals surface area contributed by atoms with Crippen molar-refractivity contribution in [3.63, 3.8) is 0 Å². The smallest absolute Gasteiger partial charge is 0.245 e. The van der Waals surface area contributed by atoms with Crippen LogP contribution in [0.2, 0.25) is 0 Å². The number of nitrogens with one attached hydrogen (secondary N) is 1. The van der Waals surface area contributed by atoms with Crippen LogP contribution >= 0.6 is 17.1 Å². The molecule has 0 spiro atoms. The van der Waals surface area contributed by atoms with Crippen molar-refractivity contribution in [1.29, 1.82) is 0 Å². The van der Waals surface area contributed by atoms with Gasteiger partial charge in [0.05, 0.1) is 6.61 Å². The van der Waals surface area contributed by atoms with Crippen molar-refractivity contribution in [3.05, 3.63) is 0 Å². The normalized spacial score (nSPS) is 22.6. The minimum atomic E-state index is -2.60. The number of hydrogen-bond donors (Lipinski definition) is 2. The van der Waals surface area contributed by atoms with Crippen LogP contribution in [0, 0.1) is 0 Å². The Kier molecular flexibility index (Phi) is 7.53. The zero-order chi connectivity index (χ0) is 11.9. The summed E-state index contributed by atoms with van der Waals surface area (Å²) in [5, 5.41) is 3.49. The molecule has 96 valence electrons. The van der Waals surface area contributed by atoms with Crippen LogP contribution in [-0.4, -0.2) is 30.3 Å². The fourth-order valence-electron chi connectivity index (χ4n) is 1.83. The largest absolute Gasteiger partial charge is 0.337 e. The van der Waals surface area contributed by atoms with Crippen molar-refractivity contribution in [2.45, 2.75) is 43.8 Å². The second-order valence-corrected chi connectivity index (χ2v) is 10.5. The first-order valence-electron chi connectivity index (χ1n) is 5.94. The van der Waals surface area contributed by atoms with E-state index in [1.807, 2.05) is 7.05 Å². The van der Waals surface area contributed by atoms with E-state index < -0.39 is 5.69 Å². The Bertz CT molecular complexity index is 233. The molecule has 1 aliphatic carbocycles. The topological polar surface area (TPSA) is 41.5 Å². The van der Waals surface area contributed by atoms with Crippen molar-refractivity contribution >= 4 is 28.9 Å². The average molecular weight is 283 g/mol. The molecule has 2 N–H and O–H groups in total. The number of rotatable bonds is 6. The summed E-state index contributed by atoms with van der Waals surface area (Å²) in [6, 6.07) is 0. The quantitative estimate of drug-likeness (QED) is 0.446. The van der Waals surface area contributed by atoms with Crippen LogP contribution in [0.3, 0.4) is 0 Å². The summed E-state index contributed by atoms with van der Waals surface area (Å²) in [5.41, 5.74) is -2.60. The van der Waals surface area contributed by atoms with Gasteiger partial charge in [0.2, 0.25) is 5.69 Å². The molecule has 0 saturated heterocycles. The zero-order valence-electron chi connectivity index (χ0n) is 9.85. The maximum Gasteiger partial charge on any atom is 0.245 e. The molecular formula is C10H22NO2PS2. The van der Waals surface area contributed by atoms with Crippen molar-refractivity contribution in [1.82, 2.24) is 5.32 Å². The number of hydrogen-bond acceptors (Lipinski definition) is 4. The standard InChI is InChI=1S/C10H22NO2PS2/c1-11-8-9-13-14(12,15)16-10-6-4-2-3-5-7-10/h10-11H,2-9H2,1H3,(H,12,15). The van der Waals surface area contributed by atoms with Gasteiger partial charge in [-0.1, -0.05) is 37.1 Å². The van der Waals surface area contributed by atoms with Crippen LogP contribution in [0.25, 0.3) is 0 Å². The second kappa shape index (κ2) is 8.06. The molecule has 0 amide bonds. The molecule has 0 aliphatic heterocycles. The number of likely N-dealkylation sites (N-methyl/N-ethyl adjacent to an activating group) is 1. The molecule has 3 nitrogen and oxygen atoms in total. The molecular weight excluding hydrogens is 261 g/mol. The molecule has 1 rings (SSSR count). The van der Waals surface area contributed by atoms with Gasteiger partial charge in [0.25, 0.3) is 0 Å². The first-order valence-corrected chi connectivity index (χ1v) is 10.1. The molecule has 1 aliphatic rings. The fraction of sp³-hybridized carbons (Fsp3) is 1.00. The summed E-state index contributed by atoms with van der Waals surface area (Å²) in [6.45, 7) is 1.24. The average Bonchev–Trinajstić information content (AvgIpc) is 2.46. The van der Waals surface area contributed by atoms with Gasteiger partial charge in [0.15, 0.2) is 0 Å². The van der Waals surface area contributed by atoms with Crippen molar-refractivity contribution < 1.29 is 9.42 Å². The molecule has 0 aromatic carbocycles. The highest BCUT2D eigenvalue weighted by atomic mass is 32.9. The predicted octanol–water partition coefficient (Wildman–Crippen LogP) is 2.90. The van der Waals surface area contributed by atoms with E-state index in [4.69, 9.17) is 16.3 Å². The van der Waals surface area contributed by atoms with Crippen LogP contribution in [0.5, 0.6) is 0 Å². The van der Waals surface area contributed by atoms with Gasteiger partial charge < -0.3 is 14.7 Å². The molecule has 0 radical (unpaired) electrons. The molecule has 0 bridgehead atoms. The highest BCUT2D eigenvalue weighted by Crippen LogP contribution is 2.59. The van der Waals surface area contributed by atoms with E-state index in [2.05, 4.69) is 5.32 Å². The SMILES string of the molecule is CNCCOP(O)(=S)SC1CCCCCC1. The third-order valence-electron chi connectivity index (χ3n) is 2.69. The summed E-state index contributed by atoms with van der Waals surface area (Å²) in [5.74, 6) is 0. The Balaban J connectivity index is 2.29. The Labute approximate surface area is 108 Å². The summed E-state index contributed by atoms with van der Waals surface area (Å²) >= 11 is 6.68. The lowest BCUT2D eigenvalue weighted by Crippen LogP contribution is -2.13. The summed E-state index contributed by atoms with van der Waals surface area (Å²) < 4.78 is 5.40. The van der Waals surface area contributed by atoms with Gasteiger partial charge in [-0.3, -0.25) is 0 Å². The molecule has 0 aromatic rings. The first-order chi connectivity index (χ1) is 7.64. The molecule has 1 unspecified atom stereocenters. The van der Waals surface area contributed by atoms with E-state index in [1.165, 1.54) is 49.9 Å². The van der Waals surface area contributed by atoms with Crippen LogP contribution in [-0.2, 0) is 16.3 Å². The van der Waals surface area contributed by atoms with Gasteiger partial charge in [0.1, 0.15) is 0 Å². The van der Waals surface area contributed by atoms with Gasteiger partial charge in [0, 0.05) is 11.8 Å². The fourth-order valence-corrected chi connectivity index (χ4v) is 6.62. The van der Waals surface area contributed by atoms with Gasteiger partial charge in [-0.25, -0.2) is 0 Å². The van der Waals surface area contributed by atoms with E-state index in [9.17, 15) is 4.89 Å². The predicted molar refractivity (Wildman–Crippen MR) is 75.5 cm³/mol. The van der Waals surface area contributed by atoms with E-state index in [0.29, 0.717) is 11.9 Å². The molecule has 1 saturated carbocycles. The van der Waals surface area contributed by atoms with Gasteiger partial charge in [-0.15, -0.1) is 0 Å². The van der Waals surface area contributed by atoms with Crippen LogP contribution in [0.1, 0.15) is 38.5 Å². The second-order valence-electron chi connectivity index (χ2n) is 4.12. The Morgan fingerprint density at radius 3 is 2.56 bits per heavy atom.